The van der Waals surface area contributed by atoms with Gasteiger partial charge < -0.3 is 10.2 Å². The second-order valence-corrected chi connectivity index (χ2v) is 5.34. The van der Waals surface area contributed by atoms with Crippen LogP contribution in [0.15, 0.2) is 47.6 Å². The first-order valence-electron chi connectivity index (χ1n) is 7.07. The van der Waals surface area contributed by atoms with Gasteiger partial charge in [0, 0.05) is 11.1 Å². The lowest BCUT2D eigenvalue weighted by molar-refractivity contribution is 0.0955. The van der Waals surface area contributed by atoms with Crippen LogP contribution in [-0.2, 0) is 0 Å². The SMILES string of the molecule is CC(O)C#Cc1cccc(/C=N/NC(=O)c2ccc(O)c(Cl)c2)c1. The molecule has 2 aromatic rings. The molecule has 0 aromatic heterocycles. The van der Waals surface area contributed by atoms with E-state index in [4.69, 9.17) is 16.7 Å². The van der Waals surface area contributed by atoms with Gasteiger partial charge in [-0.15, -0.1) is 0 Å². The van der Waals surface area contributed by atoms with E-state index >= 15 is 0 Å². The Bertz CT molecular complexity index is 836. The second-order valence-electron chi connectivity index (χ2n) is 4.94. The lowest BCUT2D eigenvalue weighted by Gasteiger charge is -2.02. The Morgan fingerprint density at radius 2 is 2.12 bits per heavy atom. The zero-order valence-electron chi connectivity index (χ0n) is 12.8. The summed E-state index contributed by atoms with van der Waals surface area (Å²) >= 11 is 5.76. The molecule has 2 rings (SSSR count). The normalized spacial score (nSPS) is 11.6. The smallest absolute Gasteiger partial charge is 0.271 e. The number of carbonyl (C=O) groups is 1. The molecule has 1 unspecified atom stereocenters. The van der Waals surface area contributed by atoms with Gasteiger partial charge in [-0.2, -0.15) is 5.10 Å². The monoisotopic (exact) mass is 342 g/mol. The van der Waals surface area contributed by atoms with Crippen molar-refractivity contribution >= 4 is 23.7 Å². The van der Waals surface area contributed by atoms with Crippen molar-refractivity contribution in [1.29, 1.82) is 0 Å². The summed E-state index contributed by atoms with van der Waals surface area (Å²) in [5.41, 5.74) is 4.14. The molecule has 0 aliphatic carbocycles. The maximum Gasteiger partial charge on any atom is 0.271 e. The van der Waals surface area contributed by atoms with Crippen molar-refractivity contribution in [3.63, 3.8) is 0 Å². The minimum Gasteiger partial charge on any atom is -0.506 e. The number of aliphatic hydroxyl groups excluding tert-OH is 1. The maximum atomic E-state index is 11.9. The minimum atomic E-state index is -0.696. The van der Waals surface area contributed by atoms with Gasteiger partial charge in [0.25, 0.3) is 5.91 Å². The van der Waals surface area contributed by atoms with E-state index in [1.54, 1.807) is 25.1 Å². The van der Waals surface area contributed by atoms with E-state index in [-0.39, 0.29) is 16.3 Å². The Hall–Kier alpha value is -2.81. The van der Waals surface area contributed by atoms with Gasteiger partial charge in [-0.3, -0.25) is 4.79 Å². The molecule has 0 fully saturated rings. The number of amides is 1. The largest absolute Gasteiger partial charge is 0.506 e. The Labute approximate surface area is 144 Å². The fourth-order valence-corrected chi connectivity index (χ4v) is 1.94. The van der Waals surface area contributed by atoms with Crippen LogP contribution in [-0.4, -0.2) is 28.4 Å². The number of hydrazone groups is 1. The fourth-order valence-electron chi connectivity index (χ4n) is 1.76. The Kier molecular flexibility index (Phi) is 5.96. The van der Waals surface area contributed by atoms with E-state index < -0.39 is 12.0 Å². The van der Waals surface area contributed by atoms with Crippen molar-refractivity contribution in [2.45, 2.75) is 13.0 Å². The van der Waals surface area contributed by atoms with Crippen molar-refractivity contribution in [3.05, 3.63) is 64.2 Å². The van der Waals surface area contributed by atoms with Crippen LogP contribution >= 0.6 is 11.6 Å². The van der Waals surface area contributed by atoms with Crippen molar-refractivity contribution in [2.75, 3.05) is 0 Å². The van der Waals surface area contributed by atoms with Gasteiger partial charge in [-0.05, 0) is 42.8 Å². The number of phenols is 1. The Morgan fingerprint density at radius 3 is 2.83 bits per heavy atom. The Morgan fingerprint density at radius 1 is 1.33 bits per heavy atom. The molecule has 0 bridgehead atoms. The quantitative estimate of drug-likeness (QED) is 0.455. The number of nitrogens with zero attached hydrogens (tertiary/aromatic N) is 1. The summed E-state index contributed by atoms with van der Waals surface area (Å²) in [6.45, 7) is 1.59. The zero-order valence-corrected chi connectivity index (χ0v) is 13.6. The van der Waals surface area contributed by atoms with Gasteiger partial charge in [0.1, 0.15) is 11.9 Å². The molecule has 122 valence electrons. The Balaban J connectivity index is 2.03. The molecule has 24 heavy (non-hydrogen) atoms. The number of aliphatic hydroxyl groups is 1. The first-order valence-corrected chi connectivity index (χ1v) is 7.45. The van der Waals surface area contributed by atoms with E-state index in [0.717, 1.165) is 11.1 Å². The highest BCUT2D eigenvalue weighted by Crippen LogP contribution is 2.23. The number of phenolic OH excluding ortho intramolecular Hbond substituents is 1. The van der Waals surface area contributed by atoms with Gasteiger partial charge >= 0.3 is 0 Å². The lowest BCUT2D eigenvalue weighted by atomic mass is 10.1. The van der Waals surface area contributed by atoms with E-state index in [2.05, 4.69) is 22.4 Å². The van der Waals surface area contributed by atoms with Crippen LogP contribution < -0.4 is 5.43 Å². The number of hydrogen-bond acceptors (Lipinski definition) is 4. The molecule has 0 saturated carbocycles. The van der Waals surface area contributed by atoms with Crippen LogP contribution in [0.3, 0.4) is 0 Å². The zero-order chi connectivity index (χ0) is 17.5. The summed E-state index contributed by atoms with van der Waals surface area (Å²) in [4.78, 5) is 11.9. The van der Waals surface area contributed by atoms with Crippen molar-refractivity contribution < 1.29 is 15.0 Å². The van der Waals surface area contributed by atoms with Crippen molar-refractivity contribution in [2.24, 2.45) is 5.10 Å². The molecule has 0 heterocycles. The van der Waals surface area contributed by atoms with Crippen LogP contribution in [0.5, 0.6) is 5.75 Å². The minimum absolute atomic E-state index is 0.0909. The molecule has 0 saturated heterocycles. The highest BCUT2D eigenvalue weighted by molar-refractivity contribution is 6.32. The van der Waals surface area contributed by atoms with Crippen LogP contribution in [0.2, 0.25) is 5.02 Å². The van der Waals surface area contributed by atoms with E-state index in [1.165, 1.54) is 24.4 Å². The molecule has 3 N–H and O–H groups in total. The number of rotatable bonds is 3. The summed E-state index contributed by atoms with van der Waals surface area (Å²) in [7, 11) is 0. The average Bonchev–Trinajstić information content (AvgIpc) is 2.56. The van der Waals surface area contributed by atoms with Crippen LogP contribution in [0, 0.1) is 11.8 Å². The summed E-state index contributed by atoms with van der Waals surface area (Å²) in [5.74, 6) is 4.95. The summed E-state index contributed by atoms with van der Waals surface area (Å²) in [6.07, 6.45) is 0.784. The molecular formula is C18H15ClN2O3. The number of aromatic hydroxyl groups is 1. The standard InChI is InChI=1S/C18H15ClN2O3/c1-12(22)5-6-13-3-2-4-14(9-13)11-20-21-18(24)15-7-8-17(23)16(19)10-15/h2-4,7-12,22-23H,1H3,(H,21,24)/b20-11+. The maximum absolute atomic E-state index is 11.9. The van der Waals surface area contributed by atoms with Gasteiger partial charge in [-0.1, -0.05) is 35.6 Å². The molecule has 0 radical (unpaired) electrons. The predicted octanol–water partition coefficient (Wildman–Crippen LogP) is 2.54. The molecule has 6 heteroatoms. The van der Waals surface area contributed by atoms with Gasteiger partial charge in [0.2, 0.25) is 0 Å². The van der Waals surface area contributed by atoms with E-state index in [0.29, 0.717) is 0 Å². The molecule has 1 atom stereocenters. The third-order valence-electron chi connectivity index (χ3n) is 2.90. The number of hydrogen-bond donors (Lipinski definition) is 3. The molecular weight excluding hydrogens is 328 g/mol. The number of nitrogens with one attached hydrogen (secondary N) is 1. The third-order valence-corrected chi connectivity index (χ3v) is 3.20. The van der Waals surface area contributed by atoms with Crippen molar-refractivity contribution in [1.82, 2.24) is 5.43 Å². The summed E-state index contributed by atoms with van der Waals surface area (Å²) in [5, 5.41) is 22.5. The van der Waals surface area contributed by atoms with Gasteiger partial charge in [-0.25, -0.2) is 5.43 Å². The summed E-state index contributed by atoms with van der Waals surface area (Å²) in [6, 6.07) is 11.3. The number of carbonyl (C=O) groups excluding carboxylic acids is 1. The molecule has 0 spiro atoms. The van der Waals surface area contributed by atoms with E-state index in [9.17, 15) is 9.90 Å². The van der Waals surface area contributed by atoms with Crippen molar-refractivity contribution in [3.8, 4) is 17.6 Å². The molecule has 5 nitrogen and oxygen atoms in total. The third kappa shape index (κ3) is 5.13. The second kappa shape index (κ2) is 8.16. The summed E-state index contributed by atoms with van der Waals surface area (Å²) < 4.78 is 0. The van der Waals surface area contributed by atoms with Gasteiger partial charge in [0.05, 0.1) is 11.2 Å². The molecule has 2 aromatic carbocycles. The fraction of sp³-hybridized carbons (Fsp3) is 0.111. The van der Waals surface area contributed by atoms with Gasteiger partial charge in [0.15, 0.2) is 0 Å². The number of benzene rings is 2. The lowest BCUT2D eigenvalue weighted by Crippen LogP contribution is -2.17. The molecule has 0 aliphatic rings. The van der Waals surface area contributed by atoms with E-state index in [1.807, 2.05) is 6.07 Å². The highest BCUT2D eigenvalue weighted by Gasteiger charge is 2.07. The highest BCUT2D eigenvalue weighted by atomic mass is 35.5. The molecule has 1 amide bonds. The molecule has 0 aliphatic heterocycles. The first-order chi connectivity index (χ1) is 11.5. The van der Waals surface area contributed by atoms with Crippen LogP contribution in [0.25, 0.3) is 0 Å². The van der Waals surface area contributed by atoms with Crippen LogP contribution in [0.4, 0.5) is 0 Å². The predicted molar refractivity (Wildman–Crippen MR) is 93.2 cm³/mol. The average molecular weight is 343 g/mol. The topological polar surface area (TPSA) is 81.9 Å². The van der Waals surface area contributed by atoms with Crippen LogP contribution in [0.1, 0.15) is 28.4 Å². The first kappa shape index (κ1) is 17.5. The number of halogens is 1.